The van der Waals surface area contributed by atoms with Gasteiger partial charge in [0.25, 0.3) is 5.56 Å². The minimum absolute atomic E-state index is 0.274. The molecule has 8 heteroatoms. The number of ether oxygens (including phenoxy) is 2. The Labute approximate surface area is 151 Å². The fourth-order valence-electron chi connectivity index (χ4n) is 2.12. The van der Waals surface area contributed by atoms with Crippen LogP contribution in [0.5, 0.6) is 11.5 Å². The Morgan fingerprint density at radius 2 is 1.84 bits per heavy atom. The zero-order valence-corrected chi connectivity index (χ0v) is 16.0. The molecule has 0 N–H and O–H groups in total. The van der Waals surface area contributed by atoms with Gasteiger partial charge in [-0.1, -0.05) is 32.5 Å². The van der Waals surface area contributed by atoms with Crippen molar-refractivity contribution in [2.24, 2.45) is 5.10 Å². The molecule has 0 amide bonds. The van der Waals surface area contributed by atoms with Crippen molar-refractivity contribution in [1.82, 2.24) is 14.9 Å². The number of hydrogen-bond acceptors (Lipinski definition) is 7. The molecule has 0 bridgehead atoms. The molecule has 1 heterocycles. The monoisotopic (exact) mass is 362 g/mol. The predicted octanol–water partition coefficient (Wildman–Crippen LogP) is 2.56. The van der Waals surface area contributed by atoms with Gasteiger partial charge in [0.05, 0.1) is 20.4 Å². The van der Waals surface area contributed by atoms with Crippen molar-refractivity contribution >= 4 is 18.0 Å². The number of thioether (sulfide) groups is 1. The Hall–Kier alpha value is -2.35. The molecule has 1 aromatic heterocycles. The minimum Gasteiger partial charge on any atom is -0.493 e. The van der Waals surface area contributed by atoms with Crippen molar-refractivity contribution in [2.45, 2.75) is 31.3 Å². The second kappa shape index (κ2) is 7.69. The first-order valence-electron chi connectivity index (χ1n) is 7.62. The van der Waals surface area contributed by atoms with Gasteiger partial charge >= 0.3 is 0 Å². The van der Waals surface area contributed by atoms with Crippen LogP contribution in [0.15, 0.2) is 33.3 Å². The summed E-state index contributed by atoms with van der Waals surface area (Å²) in [6.07, 6.45) is 3.40. The number of benzene rings is 1. The van der Waals surface area contributed by atoms with Crippen molar-refractivity contribution in [3.05, 3.63) is 39.8 Å². The fourth-order valence-corrected chi connectivity index (χ4v) is 2.55. The maximum atomic E-state index is 12.7. The topological polar surface area (TPSA) is 78.6 Å². The third-order valence-electron chi connectivity index (χ3n) is 3.43. The first kappa shape index (κ1) is 19.0. The fraction of sp³-hybridized carbons (Fsp3) is 0.412. The third kappa shape index (κ3) is 4.19. The Kier molecular flexibility index (Phi) is 5.84. The maximum absolute atomic E-state index is 12.7. The van der Waals surface area contributed by atoms with Gasteiger partial charge in [-0.25, -0.2) is 0 Å². The molecule has 7 nitrogen and oxygen atoms in total. The Bertz CT molecular complexity index is 841. The third-order valence-corrected chi connectivity index (χ3v) is 4.05. The largest absolute Gasteiger partial charge is 0.493 e. The summed E-state index contributed by atoms with van der Waals surface area (Å²) in [4.78, 5) is 12.7. The molecule has 1 aromatic carbocycles. The Morgan fingerprint density at radius 1 is 1.16 bits per heavy atom. The summed E-state index contributed by atoms with van der Waals surface area (Å²) in [5.41, 5.74) is 0.450. The van der Waals surface area contributed by atoms with Crippen molar-refractivity contribution in [1.29, 1.82) is 0 Å². The lowest BCUT2D eigenvalue weighted by molar-refractivity contribution is 0.355. The lowest BCUT2D eigenvalue weighted by Crippen LogP contribution is -2.32. The molecular formula is C17H22N4O3S. The van der Waals surface area contributed by atoms with Gasteiger partial charge in [0.2, 0.25) is 5.16 Å². The lowest BCUT2D eigenvalue weighted by Gasteiger charge is -2.16. The van der Waals surface area contributed by atoms with Crippen molar-refractivity contribution in [3.8, 4) is 11.5 Å². The molecule has 0 saturated carbocycles. The zero-order chi connectivity index (χ0) is 18.6. The highest BCUT2D eigenvalue weighted by molar-refractivity contribution is 7.98. The van der Waals surface area contributed by atoms with Gasteiger partial charge in [-0.15, -0.1) is 10.2 Å². The molecule has 0 aliphatic heterocycles. The highest BCUT2D eigenvalue weighted by Gasteiger charge is 2.23. The molecular weight excluding hydrogens is 340 g/mol. The summed E-state index contributed by atoms with van der Waals surface area (Å²) < 4.78 is 11.8. The highest BCUT2D eigenvalue weighted by atomic mass is 32.2. The molecule has 2 aromatic rings. The summed E-state index contributed by atoms with van der Waals surface area (Å²) in [6, 6.07) is 5.39. The van der Waals surface area contributed by atoms with Crippen LogP contribution in [0, 0.1) is 0 Å². The van der Waals surface area contributed by atoms with Crippen LogP contribution in [0.25, 0.3) is 0 Å². The smallest absolute Gasteiger partial charge is 0.297 e. The van der Waals surface area contributed by atoms with E-state index in [1.807, 2.05) is 33.1 Å². The number of nitrogens with zero attached hydrogens (tertiary/aromatic N) is 4. The van der Waals surface area contributed by atoms with E-state index in [1.165, 1.54) is 16.4 Å². The minimum atomic E-state index is -0.415. The van der Waals surface area contributed by atoms with E-state index in [0.29, 0.717) is 22.3 Å². The van der Waals surface area contributed by atoms with Gasteiger partial charge in [0, 0.05) is 5.41 Å². The quantitative estimate of drug-likeness (QED) is 0.601. The van der Waals surface area contributed by atoms with Crippen molar-refractivity contribution in [3.63, 3.8) is 0 Å². The van der Waals surface area contributed by atoms with Gasteiger partial charge in [-0.2, -0.15) is 9.78 Å². The van der Waals surface area contributed by atoms with Gasteiger partial charge in [-0.05, 0) is 30.0 Å². The molecule has 2 rings (SSSR count). The molecule has 0 unspecified atom stereocenters. The molecule has 0 fully saturated rings. The Morgan fingerprint density at radius 3 is 2.40 bits per heavy atom. The molecule has 0 atom stereocenters. The average molecular weight is 362 g/mol. The second-order valence-electron chi connectivity index (χ2n) is 6.26. The van der Waals surface area contributed by atoms with E-state index in [0.717, 1.165) is 5.56 Å². The van der Waals surface area contributed by atoms with Gasteiger partial charge in [0.15, 0.2) is 11.5 Å². The number of hydrogen-bond donors (Lipinski definition) is 0. The van der Waals surface area contributed by atoms with Gasteiger partial charge in [-0.3, -0.25) is 4.79 Å². The second-order valence-corrected chi connectivity index (χ2v) is 7.03. The lowest BCUT2D eigenvalue weighted by atomic mass is 9.93. The molecule has 0 radical (unpaired) electrons. The van der Waals surface area contributed by atoms with Gasteiger partial charge in [0.1, 0.15) is 5.69 Å². The summed E-state index contributed by atoms with van der Waals surface area (Å²) in [5, 5.41) is 12.9. The Balaban J connectivity index is 2.49. The molecule has 25 heavy (non-hydrogen) atoms. The number of rotatable bonds is 5. The van der Waals surface area contributed by atoms with E-state index in [2.05, 4.69) is 15.3 Å². The van der Waals surface area contributed by atoms with Crippen molar-refractivity contribution in [2.75, 3.05) is 20.5 Å². The first-order valence-corrected chi connectivity index (χ1v) is 8.85. The first-order chi connectivity index (χ1) is 11.8. The van der Waals surface area contributed by atoms with Crippen LogP contribution in [0.2, 0.25) is 0 Å². The standard InChI is InChI=1S/C17H22N4O3S/c1-17(2,3)14-15(22)21(16(25-6)20-19-14)18-10-11-7-8-12(23-4)13(9-11)24-5/h7-10H,1-6H3/b18-10-. The van der Waals surface area contributed by atoms with E-state index in [1.54, 1.807) is 32.6 Å². The van der Waals surface area contributed by atoms with E-state index in [-0.39, 0.29) is 5.56 Å². The van der Waals surface area contributed by atoms with E-state index >= 15 is 0 Å². The summed E-state index contributed by atoms with van der Waals surface area (Å²) in [5.74, 6) is 1.22. The van der Waals surface area contributed by atoms with Crippen LogP contribution >= 0.6 is 11.8 Å². The van der Waals surface area contributed by atoms with Crippen molar-refractivity contribution < 1.29 is 9.47 Å². The normalized spacial score (nSPS) is 11.8. The van der Waals surface area contributed by atoms with Crippen LogP contribution in [0.3, 0.4) is 0 Å². The molecule has 0 aliphatic carbocycles. The van der Waals surface area contributed by atoms with E-state index < -0.39 is 5.41 Å². The zero-order valence-electron chi connectivity index (χ0n) is 15.2. The van der Waals surface area contributed by atoms with Crippen LogP contribution < -0.4 is 15.0 Å². The van der Waals surface area contributed by atoms with Gasteiger partial charge < -0.3 is 9.47 Å². The SMILES string of the molecule is COc1ccc(/C=N\n2c(SC)nnc(C(C)(C)C)c2=O)cc1OC. The molecule has 134 valence electrons. The summed E-state index contributed by atoms with van der Waals surface area (Å²) in [6.45, 7) is 5.75. The number of methoxy groups -OCH3 is 2. The predicted molar refractivity (Wildman–Crippen MR) is 99.3 cm³/mol. The molecule has 0 aliphatic rings. The van der Waals surface area contributed by atoms with Crippen LogP contribution in [0.1, 0.15) is 32.0 Å². The molecule has 0 spiro atoms. The summed E-state index contributed by atoms with van der Waals surface area (Å²) >= 11 is 1.31. The van der Waals surface area contributed by atoms with Crippen LogP contribution in [-0.2, 0) is 5.41 Å². The van der Waals surface area contributed by atoms with Crippen LogP contribution in [0.4, 0.5) is 0 Å². The number of aromatic nitrogens is 3. The van der Waals surface area contributed by atoms with E-state index in [4.69, 9.17) is 9.47 Å². The summed E-state index contributed by atoms with van der Waals surface area (Å²) in [7, 11) is 3.14. The average Bonchev–Trinajstić information content (AvgIpc) is 2.58. The van der Waals surface area contributed by atoms with E-state index in [9.17, 15) is 4.79 Å². The molecule has 0 saturated heterocycles. The van der Waals surface area contributed by atoms with Crippen LogP contribution in [-0.4, -0.2) is 41.6 Å². The highest BCUT2D eigenvalue weighted by Crippen LogP contribution is 2.27. The maximum Gasteiger partial charge on any atom is 0.297 e.